The largest absolute Gasteiger partial charge is 0.492 e. The maximum atomic E-state index is 12.5. The van der Waals surface area contributed by atoms with Gasteiger partial charge in [-0.05, 0) is 55.0 Å². The first-order chi connectivity index (χ1) is 13.8. The summed E-state index contributed by atoms with van der Waals surface area (Å²) in [6.07, 6.45) is 4.72. The van der Waals surface area contributed by atoms with Crippen LogP contribution in [0.5, 0.6) is 5.75 Å². The molecular weight excluding hydrogens is 372 g/mol. The average Bonchev–Trinajstić information content (AvgIpc) is 3.18. The molecule has 0 atom stereocenters. The minimum absolute atomic E-state index is 0.0260. The number of carbonyl (C=O) groups excluding carboxylic acids is 1. The molecule has 1 aromatic carbocycles. The summed E-state index contributed by atoms with van der Waals surface area (Å²) >= 11 is 1.66. The van der Waals surface area contributed by atoms with Crippen LogP contribution in [0.1, 0.15) is 38.5 Å². The van der Waals surface area contributed by atoms with Crippen molar-refractivity contribution in [1.29, 1.82) is 0 Å². The number of fused-ring (bicyclic) bond motifs is 1. The Balaban J connectivity index is 1.26. The quantitative estimate of drug-likeness (QED) is 0.775. The lowest BCUT2D eigenvalue weighted by atomic mass is 9.99. The highest BCUT2D eigenvalue weighted by Gasteiger charge is 2.17. The van der Waals surface area contributed by atoms with Crippen LogP contribution >= 0.6 is 11.3 Å². The van der Waals surface area contributed by atoms with E-state index in [1.807, 2.05) is 24.3 Å². The Morgan fingerprint density at radius 3 is 2.89 bits per heavy atom. The normalized spacial score (nSPS) is 17.1. The molecule has 1 saturated heterocycles. The molecule has 1 fully saturated rings. The minimum Gasteiger partial charge on any atom is -0.492 e. The molecule has 0 unspecified atom stereocenters. The van der Waals surface area contributed by atoms with E-state index in [1.165, 1.54) is 23.3 Å². The van der Waals surface area contributed by atoms with Crippen molar-refractivity contribution in [1.82, 2.24) is 10.2 Å². The van der Waals surface area contributed by atoms with Crippen molar-refractivity contribution in [3.63, 3.8) is 0 Å². The molecule has 1 amide bonds. The maximum Gasteiger partial charge on any atom is 0.261 e. The lowest BCUT2D eigenvalue weighted by molar-refractivity contribution is 0.0322. The van der Waals surface area contributed by atoms with Crippen molar-refractivity contribution in [2.75, 3.05) is 39.5 Å². The van der Waals surface area contributed by atoms with Crippen LogP contribution in [-0.2, 0) is 24.1 Å². The number of nitrogens with one attached hydrogen (secondary N) is 1. The second-order valence-electron chi connectivity index (χ2n) is 7.40. The van der Waals surface area contributed by atoms with E-state index in [-0.39, 0.29) is 5.91 Å². The van der Waals surface area contributed by atoms with E-state index in [4.69, 9.17) is 9.47 Å². The van der Waals surface area contributed by atoms with Crippen LogP contribution in [0.4, 0.5) is 0 Å². The zero-order chi connectivity index (χ0) is 19.2. The number of thiophene rings is 1. The molecule has 1 N–H and O–H groups in total. The molecule has 1 aromatic heterocycles. The number of aryl methyl sites for hydroxylation is 2. The van der Waals surface area contributed by atoms with Crippen molar-refractivity contribution >= 4 is 17.2 Å². The number of rotatable bonds is 7. The third-order valence-corrected chi connectivity index (χ3v) is 6.59. The molecular formula is C22H28N2O3S. The Morgan fingerprint density at radius 1 is 1.18 bits per heavy atom. The van der Waals surface area contributed by atoms with Gasteiger partial charge in [0.2, 0.25) is 0 Å². The maximum absolute atomic E-state index is 12.5. The highest BCUT2D eigenvalue weighted by Crippen LogP contribution is 2.29. The fourth-order valence-corrected chi connectivity index (χ4v) is 4.90. The molecule has 2 aliphatic rings. The summed E-state index contributed by atoms with van der Waals surface area (Å²) in [5, 5.41) is 3.05. The van der Waals surface area contributed by atoms with Crippen LogP contribution in [0.15, 0.2) is 30.3 Å². The molecule has 0 radical (unpaired) electrons. The van der Waals surface area contributed by atoms with Gasteiger partial charge in [0.05, 0.1) is 18.1 Å². The Bertz CT molecular complexity index is 775. The van der Waals surface area contributed by atoms with E-state index in [0.29, 0.717) is 13.2 Å². The number of ether oxygens (including phenoxy) is 2. The third kappa shape index (κ3) is 5.13. The SMILES string of the molecule is O=C(NCc1cccc(OCCN2CCOCC2)c1)c1cc2c(s1)CCCC2. The van der Waals surface area contributed by atoms with E-state index < -0.39 is 0 Å². The molecule has 1 aliphatic heterocycles. The Hall–Kier alpha value is -1.89. The predicted molar refractivity (Wildman–Crippen MR) is 111 cm³/mol. The fourth-order valence-electron chi connectivity index (χ4n) is 3.73. The summed E-state index contributed by atoms with van der Waals surface area (Å²) in [6.45, 7) is 5.65. The highest BCUT2D eigenvalue weighted by molar-refractivity contribution is 7.14. The van der Waals surface area contributed by atoms with Crippen LogP contribution in [0.2, 0.25) is 0 Å². The van der Waals surface area contributed by atoms with Gasteiger partial charge in [-0.15, -0.1) is 11.3 Å². The molecule has 6 heteroatoms. The molecule has 2 aromatic rings. The number of amides is 1. The number of morpholine rings is 1. The first kappa shape index (κ1) is 19.4. The molecule has 0 bridgehead atoms. The second-order valence-corrected chi connectivity index (χ2v) is 8.54. The standard InChI is InChI=1S/C22H28N2O3S/c25-22(21-15-18-5-1-2-7-20(18)28-21)23-16-17-4-3-6-19(14-17)27-13-10-24-8-11-26-12-9-24/h3-4,6,14-15H,1-2,5,7-13,16H2,(H,23,25). The molecule has 2 heterocycles. The summed E-state index contributed by atoms with van der Waals surface area (Å²) in [5.74, 6) is 0.879. The first-order valence-corrected chi connectivity index (χ1v) is 11.0. The molecule has 0 spiro atoms. The molecule has 4 rings (SSSR count). The lowest BCUT2D eigenvalue weighted by Crippen LogP contribution is -2.38. The number of nitrogens with zero attached hydrogens (tertiary/aromatic N) is 1. The van der Waals surface area contributed by atoms with E-state index in [2.05, 4.69) is 16.3 Å². The second kappa shape index (κ2) is 9.54. The number of carbonyl (C=O) groups is 1. The van der Waals surface area contributed by atoms with E-state index in [0.717, 1.165) is 61.9 Å². The van der Waals surface area contributed by atoms with Crippen LogP contribution in [0, 0.1) is 0 Å². The Kier molecular flexibility index (Phi) is 6.62. The minimum atomic E-state index is 0.0260. The summed E-state index contributed by atoms with van der Waals surface area (Å²) < 4.78 is 11.3. The van der Waals surface area contributed by atoms with Gasteiger partial charge in [0.1, 0.15) is 12.4 Å². The van der Waals surface area contributed by atoms with E-state index in [9.17, 15) is 4.79 Å². The molecule has 1 aliphatic carbocycles. The highest BCUT2D eigenvalue weighted by atomic mass is 32.1. The van der Waals surface area contributed by atoms with Gasteiger partial charge in [0.15, 0.2) is 0 Å². The summed E-state index contributed by atoms with van der Waals surface area (Å²) in [4.78, 5) is 17.1. The van der Waals surface area contributed by atoms with Crippen LogP contribution in [0.25, 0.3) is 0 Å². The van der Waals surface area contributed by atoms with Crippen molar-refractivity contribution in [2.45, 2.75) is 32.2 Å². The van der Waals surface area contributed by atoms with Gasteiger partial charge in [-0.2, -0.15) is 0 Å². The van der Waals surface area contributed by atoms with Gasteiger partial charge < -0.3 is 14.8 Å². The number of benzene rings is 1. The van der Waals surface area contributed by atoms with E-state index >= 15 is 0 Å². The molecule has 5 nitrogen and oxygen atoms in total. The van der Waals surface area contributed by atoms with Gasteiger partial charge >= 0.3 is 0 Å². The van der Waals surface area contributed by atoms with Gasteiger partial charge in [-0.25, -0.2) is 0 Å². The predicted octanol–water partition coefficient (Wildman–Crippen LogP) is 3.27. The van der Waals surface area contributed by atoms with Crippen LogP contribution in [-0.4, -0.2) is 50.3 Å². The summed E-state index contributed by atoms with van der Waals surface area (Å²) in [7, 11) is 0. The van der Waals surface area contributed by atoms with Crippen molar-refractivity contribution < 1.29 is 14.3 Å². The van der Waals surface area contributed by atoms with Crippen molar-refractivity contribution in [2.24, 2.45) is 0 Å². The molecule has 0 saturated carbocycles. The zero-order valence-corrected chi connectivity index (χ0v) is 17.1. The fraction of sp³-hybridized carbons (Fsp3) is 0.500. The number of hydrogen-bond donors (Lipinski definition) is 1. The smallest absolute Gasteiger partial charge is 0.261 e. The molecule has 150 valence electrons. The van der Waals surface area contributed by atoms with Gasteiger partial charge in [-0.3, -0.25) is 9.69 Å². The third-order valence-electron chi connectivity index (χ3n) is 5.35. The van der Waals surface area contributed by atoms with Gasteiger partial charge in [0, 0.05) is 31.1 Å². The first-order valence-electron chi connectivity index (χ1n) is 10.2. The summed E-state index contributed by atoms with van der Waals surface area (Å²) in [5.41, 5.74) is 2.43. The van der Waals surface area contributed by atoms with Crippen molar-refractivity contribution in [3.8, 4) is 5.75 Å². The topological polar surface area (TPSA) is 50.8 Å². The van der Waals surface area contributed by atoms with Gasteiger partial charge in [0.25, 0.3) is 5.91 Å². The zero-order valence-electron chi connectivity index (χ0n) is 16.2. The van der Waals surface area contributed by atoms with Gasteiger partial charge in [-0.1, -0.05) is 12.1 Å². The monoisotopic (exact) mass is 400 g/mol. The van der Waals surface area contributed by atoms with Crippen LogP contribution < -0.4 is 10.1 Å². The average molecular weight is 401 g/mol. The van der Waals surface area contributed by atoms with Crippen molar-refractivity contribution in [3.05, 3.63) is 51.2 Å². The number of hydrogen-bond acceptors (Lipinski definition) is 5. The summed E-state index contributed by atoms with van der Waals surface area (Å²) in [6, 6.07) is 10.1. The van der Waals surface area contributed by atoms with Crippen LogP contribution in [0.3, 0.4) is 0 Å². The lowest BCUT2D eigenvalue weighted by Gasteiger charge is -2.26. The Morgan fingerprint density at radius 2 is 2.04 bits per heavy atom. The molecule has 28 heavy (non-hydrogen) atoms. The van der Waals surface area contributed by atoms with E-state index in [1.54, 1.807) is 11.3 Å². The Labute approximate surface area is 170 Å².